The molecular formula is C23H28N2O2S. The van der Waals surface area contributed by atoms with Crippen molar-refractivity contribution in [3.8, 4) is 0 Å². The van der Waals surface area contributed by atoms with Gasteiger partial charge in [-0.3, -0.25) is 4.31 Å². The lowest BCUT2D eigenvalue weighted by Crippen LogP contribution is -2.44. The Balaban J connectivity index is 1.39. The lowest BCUT2D eigenvalue weighted by atomic mass is 9.83. The summed E-state index contributed by atoms with van der Waals surface area (Å²) in [6.45, 7) is 2.92. The van der Waals surface area contributed by atoms with Gasteiger partial charge in [0.15, 0.2) is 0 Å². The predicted octanol–water partition coefficient (Wildman–Crippen LogP) is 4.17. The fourth-order valence-corrected chi connectivity index (χ4v) is 6.63. The first-order valence-electron chi connectivity index (χ1n) is 10.6. The van der Waals surface area contributed by atoms with Gasteiger partial charge in [-0.2, -0.15) is 0 Å². The molecule has 3 aliphatic rings. The van der Waals surface area contributed by atoms with Crippen molar-refractivity contribution in [3.05, 3.63) is 59.7 Å². The van der Waals surface area contributed by atoms with E-state index in [1.54, 1.807) is 28.6 Å². The van der Waals surface area contributed by atoms with Crippen LogP contribution in [0.2, 0.25) is 0 Å². The molecule has 2 aliphatic heterocycles. The molecule has 0 amide bonds. The molecule has 2 fully saturated rings. The average molecular weight is 397 g/mol. The highest BCUT2D eigenvalue weighted by molar-refractivity contribution is 7.92. The standard InChI is InChI=1S/C23H28N2O2S/c26-28(27,20-8-2-1-3-9-20)25-17-14-22-21(10-5-11-23(22)25)18-12-15-24(16-13-18)19-6-4-7-19/h1-3,5,8-11,18-19H,4,6-7,12-17H2. The van der Waals surface area contributed by atoms with Crippen molar-refractivity contribution in [2.75, 3.05) is 23.9 Å². The molecule has 148 valence electrons. The average Bonchev–Trinajstić information content (AvgIpc) is 3.13. The summed E-state index contributed by atoms with van der Waals surface area (Å²) in [6, 6.07) is 15.9. The molecule has 0 radical (unpaired) electrons. The number of nitrogens with zero attached hydrogens (tertiary/aromatic N) is 2. The topological polar surface area (TPSA) is 40.6 Å². The zero-order valence-electron chi connectivity index (χ0n) is 16.3. The molecule has 0 bridgehead atoms. The van der Waals surface area contributed by atoms with Crippen LogP contribution in [0, 0.1) is 0 Å². The van der Waals surface area contributed by atoms with Gasteiger partial charge in [-0.15, -0.1) is 0 Å². The molecule has 0 spiro atoms. The summed E-state index contributed by atoms with van der Waals surface area (Å²) in [7, 11) is -3.49. The van der Waals surface area contributed by atoms with Crippen LogP contribution in [0.25, 0.3) is 0 Å². The van der Waals surface area contributed by atoms with E-state index in [0.29, 0.717) is 17.4 Å². The molecule has 0 aromatic heterocycles. The van der Waals surface area contributed by atoms with Crippen LogP contribution in [-0.2, 0) is 16.4 Å². The number of likely N-dealkylation sites (tertiary alicyclic amines) is 1. The SMILES string of the molecule is O=S(=O)(c1ccccc1)N1CCc2c(C3CCN(C4CCC4)CC3)cccc21. The monoisotopic (exact) mass is 396 g/mol. The van der Waals surface area contributed by atoms with Gasteiger partial charge in [-0.25, -0.2) is 8.42 Å². The quantitative estimate of drug-likeness (QED) is 0.779. The number of anilines is 1. The third-order valence-electron chi connectivity index (χ3n) is 6.91. The largest absolute Gasteiger partial charge is 0.300 e. The van der Waals surface area contributed by atoms with Crippen LogP contribution in [0.4, 0.5) is 5.69 Å². The van der Waals surface area contributed by atoms with E-state index in [1.807, 2.05) is 18.2 Å². The Morgan fingerprint density at radius 3 is 2.25 bits per heavy atom. The summed E-state index contributed by atoms with van der Waals surface area (Å²) in [5, 5.41) is 0. The Kier molecular flexibility index (Phi) is 4.68. The van der Waals surface area contributed by atoms with Gasteiger partial charge in [0.1, 0.15) is 0 Å². The third kappa shape index (κ3) is 3.05. The molecule has 1 saturated carbocycles. The highest BCUT2D eigenvalue weighted by Gasteiger charge is 2.35. The first-order chi connectivity index (χ1) is 13.6. The summed E-state index contributed by atoms with van der Waals surface area (Å²) in [5.74, 6) is 0.561. The first-order valence-corrected chi connectivity index (χ1v) is 12.0. The highest BCUT2D eigenvalue weighted by atomic mass is 32.2. The van der Waals surface area contributed by atoms with Gasteiger partial charge < -0.3 is 4.90 Å². The van der Waals surface area contributed by atoms with Gasteiger partial charge in [0.05, 0.1) is 10.6 Å². The molecule has 0 N–H and O–H groups in total. The van der Waals surface area contributed by atoms with Gasteiger partial charge in [-0.05, 0) is 80.4 Å². The summed E-state index contributed by atoms with van der Waals surface area (Å²) < 4.78 is 27.9. The van der Waals surface area contributed by atoms with E-state index in [9.17, 15) is 8.42 Å². The number of piperidine rings is 1. The number of benzene rings is 2. The Morgan fingerprint density at radius 1 is 0.821 bits per heavy atom. The van der Waals surface area contributed by atoms with Crippen LogP contribution < -0.4 is 4.31 Å². The maximum atomic E-state index is 13.2. The van der Waals surface area contributed by atoms with Gasteiger partial charge in [0.25, 0.3) is 10.0 Å². The molecule has 0 atom stereocenters. The number of hydrogen-bond donors (Lipinski definition) is 0. The van der Waals surface area contributed by atoms with Crippen LogP contribution in [0.1, 0.15) is 49.1 Å². The molecule has 4 nitrogen and oxygen atoms in total. The maximum Gasteiger partial charge on any atom is 0.264 e. The molecular weight excluding hydrogens is 368 g/mol. The summed E-state index contributed by atoms with van der Waals surface area (Å²) in [6.07, 6.45) is 7.34. The van der Waals surface area contributed by atoms with Crippen LogP contribution in [0.15, 0.2) is 53.4 Å². The molecule has 0 unspecified atom stereocenters. The zero-order chi connectivity index (χ0) is 19.1. The normalized spacial score (nSPS) is 21.5. The second-order valence-corrected chi connectivity index (χ2v) is 10.2. The van der Waals surface area contributed by atoms with E-state index in [0.717, 1.165) is 18.2 Å². The minimum atomic E-state index is -3.49. The minimum absolute atomic E-state index is 0.377. The van der Waals surface area contributed by atoms with E-state index < -0.39 is 10.0 Å². The molecule has 2 aromatic carbocycles. The van der Waals surface area contributed by atoms with Crippen LogP contribution in [0.3, 0.4) is 0 Å². The van der Waals surface area contributed by atoms with Crippen molar-refractivity contribution in [1.82, 2.24) is 4.90 Å². The van der Waals surface area contributed by atoms with E-state index in [-0.39, 0.29) is 0 Å². The van der Waals surface area contributed by atoms with Crippen molar-refractivity contribution < 1.29 is 8.42 Å². The molecule has 1 saturated heterocycles. The Hall–Kier alpha value is -1.85. The lowest BCUT2D eigenvalue weighted by molar-refractivity contribution is 0.0974. The van der Waals surface area contributed by atoms with Crippen molar-refractivity contribution in [2.45, 2.75) is 55.4 Å². The molecule has 5 rings (SSSR count). The predicted molar refractivity (Wildman–Crippen MR) is 112 cm³/mol. The van der Waals surface area contributed by atoms with Crippen LogP contribution >= 0.6 is 0 Å². The van der Waals surface area contributed by atoms with E-state index in [2.05, 4.69) is 11.0 Å². The van der Waals surface area contributed by atoms with Crippen molar-refractivity contribution in [1.29, 1.82) is 0 Å². The van der Waals surface area contributed by atoms with Crippen molar-refractivity contribution in [2.24, 2.45) is 0 Å². The fourth-order valence-electron chi connectivity index (χ4n) is 5.11. The first kappa shape index (κ1) is 18.2. The Morgan fingerprint density at radius 2 is 1.57 bits per heavy atom. The van der Waals surface area contributed by atoms with Gasteiger partial charge in [-0.1, -0.05) is 36.8 Å². The van der Waals surface area contributed by atoms with Crippen LogP contribution in [-0.4, -0.2) is 39.0 Å². The van der Waals surface area contributed by atoms with E-state index in [4.69, 9.17) is 0 Å². The smallest absolute Gasteiger partial charge is 0.264 e. The minimum Gasteiger partial charge on any atom is -0.300 e. The molecule has 2 aromatic rings. The number of hydrogen-bond acceptors (Lipinski definition) is 3. The number of sulfonamides is 1. The van der Waals surface area contributed by atoms with Gasteiger partial charge >= 0.3 is 0 Å². The molecule has 1 aliphatic carbocycles. The Bertz CT molecular complexity index is 946. The zero-order valence-corrected chi connectivity index (χ0v) is 17.1. The summed E-state index contributed by atoms with van der Waals surface area (Å²) in [4.78, 5) is 3.05. The van der Waals surface area contributed by atoms with Crippen molar-refractivity contribution >= 4 is 15.7 Å². The maximum absolute atomic E-state index is 13.2. The molecule has 5 heteroatoms. The number of rotatable bonds is 4. The third-order valence-corrected chi connectivity index (χ3v) is 8.74. The summed E-state index contributed by atoms with van der Waals surface area (Å²) in [5.41, 5.74) is 3.53. The highest BCUT2D eigenvalue weighted by Crippen LogP contribution is 2.41. The van der Waals surface area contributed by atoms with Gasteiger partial charge in [0, 0.05) is 12.6 Å². The summed E-state index contributed by atoms with van der Waals surface area (Å²) >= 11 is 0. The molecule has 2 heterocycles. The van der Waals surface area contributed by atoms with Gasteiger partial charge in [0.2, 0.25) is 0 Å². The molecule has 28 heavy (non-hydrogen) atoms. The van der Waals surface area contributed by atoms with Crippen molar-refractivity contribution in [3.63, 3.8) is 0 Å². The van der Waals surface area contributed by atoms with Crippen LogP contribution in [0.5, 0.6) is 0 Å². The van der Waals surface area contributed by atoms with E-state index >= 15 is 0 Å². The second-order valence-electron chi connectivity index (χ2n) is 8.38. The Labute approximate surface area is 168 Å². The fraction of sp³-hybridized carbons (Fsp3) is 0.478. The number of fused-ring (bicyclic) bond motifs is 1. The lowest BCUT2D eigenvalue weighted by Gasteiger charge is -2.42. The van der Waals surface area contributed by atoms with E-state index in [1.165, 1.54) is 56.3 Å². The second kappa shape index (κ2) is 7.20.